The standard InChI is InChI=1S/C26H28N6O6/c1-7-13-9-19(27-17(13)11-15-21(33)29(3)25(37)30(4)22(15)34)20-10-14(8-2)18(28-20)12-16-23(35)31(5)26(38)32(6)24(16)36/h9-12,33,35H,7-8H2,1-6H3/b17-11-,18-12-. The minimum atomic E-state index is -0.646. The number of nitrogens with zero attached hydrogens (tertiary/aromatic N) is 6. The first-order valence-corrected chi connectivity index (χ1v) is 11.9. The Bertz CT molecular complexity index is 1680. The first-order chi connectivity index (χ1) is 17.9. The van der Waals surface area contributed by atoms with E-state index in [-0.39, 0.29) is 11.1 Å². The fraction of sp³-hybridized carbons (Fsp3) is 0.308. The molecule has 2 aromatic rings. The Morgan fingerprint density at radius 1 is 0.658 bits per heavy atom. The summed E-state index contributed by atoms with van der Waals surface area (Å²) in [6, 6.07) is 0. The topological polar surface area (TPSA) is 153 Å². The molecule has 0 bridgehead atoms. The van der Waals surface area contributed by atoms with Crippen molar-refractivity contribution in [1.82, 2.24) is 18.3 Å². The van der Waals surface area contributed by atoms with Crippen LogP contribution in [-0.4, -0.2) is 39.9 Å². The van der Waals surface area contributed by atoms with E-state index in [1.807, 2.05) is 26.0 Å². The summed E-state index contributed by atoms with van der Waals surface area (Å²) in [4.78, 5) is 58.8. The van der Waals surface area contributed by atoms with Gasteiger partial charge in [-0.25, -0.2) is 19.6 Å². The molecule has 2 N–H and O–H groups in total. The number of hydrogen-bond acceptors (Lipinski definition) is 8. The van der Waals surface area contributed by atoms with E-state index in [1.165, 1.54) is 40.3 Å². The first-order valence-electron chi connectivity index (χ1n) is 11.9. The summed E-state index contributed by atoms with van der Waals surface area (Å²) < 4.78 is 3.79. The molecule has 12 nitrogen and oxygen atoms in total. The Hall–Kier alpha value is -4.74. The van der Waals surface area contributed by atoms with Crippen LogP contribution < -0.4 is 22.5 Å². The molecule has 0 amide bonds. The van der Waals surface area contributed by atoms with Crippen LogP contribution in [0.25, 0.3) is 12.2 Å². The number of aliphatic imine (C=N–C) groups is 2. The SMILES string of the molecule is CCC1=CC(C2=N/C(=C\c3c(O)n(C)c(=O)n(C)c3=O)C(CC)=C2)=N/C1=C\c1c(O)n(C)c(=O)n(C)c1=O. The van der Waals surface area contributed by atoms with Crippen molar-refractivity contribution in [2.75, 3.05) is 0 Å². The van der Waals surface area contributed by atoms with Crippen LogP contribution in [-0.2, 0) is 28.2 Å². The van der Waals surface area contributed by atoms with Crippen LogP contribution in [0.15, 0.2) is 63.9 Å². The second-order valence-electron chi connectivity index (χ2n) is 8.99. The summed E-state index contributed by atoms with van der Waals surface area (Å²) in [6.45, 7) is 3.84. The molecule has 2 aromatic heterocycles. The molecule has 0 aliphatic carbocycles. The highest BCUT2D eigenvalue weighted by Gasteiger charge is 2.24. The zero-order valence-electron chi connectivity index (χ0n) is 21.9. The molecule has 2 aliphatic heterocycles. The highest BCUT2D eigenvalue weighted by atomic mass is 16.3. The van der Waals surface area contributed by atoms with E-state index in [9.17, 15) is 29.4 Å². The van der Waals surface area contributed by atoms with Crippen molar-refractivity contribution in [1.29, 1.82) is 0 Å². The Balaban J connectivity index is 1.84. The lowest BCUT2D eigenvalue weighted by Crippen LogP contribution is -2.38. The Morgan fingerprint density at radius 3 is 1.32 bits per heavy atom. The van der Waals surface area contributed by atoms with Crippen LogP contribution in [0.3, 0.4) is 0 Å². The second-order valence-corrected chi connectivity index (χ2v) is 8.99. The van der Waals surface area contributed by atoms with Crippen LogP contribution in [0, 0.1) is 0 Å². The minimum absolute atomic E-state index is 0.0614. The lowest BCUT2D eigenvalue weighted by molar-refractivity contribution is 0.409. The van der Waals surface area contributed by atoms with Crippen molar-refractivity contribution in [2.24, 2.45) is 38.2 Å². The highest BCUT2D eigenvalue weighted by molar-refractivity contribution is 6.52. The normalized spacial score (nSPS) is 17.2. The molecule has 12 heteroatoms. The predicted molar refractivity (Wildman–Crippen MR) is 145 cm³/mol. The third-order valence-electron chi connectivity index (χ3n) is 6.68. The fourth-order valence-electron chi connectivity index (χ4n) is 4.27. The minimum Gasteiger partial charge on any atom is -0.494 e. The van der Waals surface area contributed by atoms with Crippen LogP contribution in [0.4, 0.5) is 0 Å². The smallest absolute Gasteiger partial charge is 0.333 e. The van der Waals surface area contributed by atoms with Crippen molar-refractivity contribution in [2.45, 2.75) is 26.7 Å². The molecule has 0 atom stereocenters. The molecule has 0 saturated carbocycles. The largest absolute Gasteiger partial charge is 0.494 e. The molecule has 0 unspecified atom stereocenters. The van der Waals surface area contributed by atoms with E-state index >= 15 is 0 Å². The van der Waals surface area contributed by atoms with Gasteiger partial charge in [0.15, 0.2) is 0 Å². The molecule has 4 heterocycles. The van der Waals surface area contributed by atoms with Gasteiger partial charge >= 0.3 is 11.4 Å². The molecule has 0 aromatic carbocycles. The van der Waals surface area contributed by atoms with Gasteiger partial charge in [-0.15, -0.1) is 0 Å². The quantitative estimate of drug-likeness (QED) is 0.596. The lowest BCUT2D eigenvalue weighted by Gasteiger charge is -2.08. The molecule has 0 fully saturated rings. The summed E-state index contributed by atoms with van der Waals surface area (Å²) in [5.41, 5.74) is 0.817. The van der Waals surface area contributed by atoms with Gasteiger partial charge in [0, 0.05) is 28.2 Å². The number of hydrogen-bond donors (Lipinski definition) is 2. The summed E-state index contributed by atoms with van der Waals surface area (Å²) >= 11 is 0. The van der Waals surface area contributed by atoms with Gasteiger partial charge in [-0.2, -0.15) is 0 Å². The summed E-state index contributed by atoms with van der Waals surface area (Å²) in [5.74, 6) is -0.917. The molecule has 38 heavy (non-hydrogen) atoms. The average Bonchev–Trinajstić information content (AvgIpc) is 3.52. The van der Waals surface area contributed by atoms with Gasteiger partial charge in [-0.3, -0.25) is 27.9 Å². The van der Waals surface area contributed by atoms with Gasteiger partial charge in [-0.1, -0.05) is 13.8 Å². The molecular weight excluding hydrogens is 492 g/mol. The zero-order valence-corrected chi connectivity index (χ0v) is 21.9. The van der Waals surface area contributed by atoms with Gasteiger partial charge in [0.2, 0.25) is 11.8 Å². The fourth-order valence-corrected chi connectivity index (χ4v) is 4.27. The van der Waals surface area contributed by atoms with Crippen LogP contribution in [0.2, 0.25) is 0 Å². The second kappa shape index (κ2) is 9.61. The van der Waals surface area contributed by atoms with Crippen LogP contribution in [0.1, 0.15) is 37.8 Å². The van der Waals surface area contributed by atoms with E-state index in [2.05, 4.69) is 9.98 Å². The summed E-state index contributed by atoms with van der Waals surface area (Å²) in [7, 11) is 5.40. The summed E-state index contributed by atoms with van der Waals surface area (Å²) in [6.07, 6.45) is 7.69. The van der Waals surface area contributed by atoms with Crippen molar-refractivity contribution >= 4 is 23.6 Å². The Labute approximate surface area is 216 Å². The van der Waals surface area contributed by atoms with E-state index in [1.54, 1.807) is 0 Å². The van der Waals surface area contributed by atoms with Crippen molar-refractivity contribution < 1.29 is 10.2 Å². The van der Waals surface area contributed by atoms with E-state index in [4.69, 9.17) is 0 Å². The van der Waals surface area contributed by atoms with Crippen LogP contribution >= 0.6 is 0 Å². The van der Waals surface area contributed by atoms with Crippen molar-refractivity contribution in [3.8, 4) is 11.8 Å². The van der Waals surface area contributed by atoms with E-state index < -0.39 is 34.3 Å². The van der Waals surface area contributed by atoms with Crippen molar-refractivity contribution in [3.63, 3.8) is 0 Å². The average molecular weight is 521 g/mol. The van der Waals surface area contributed by atoms with Gasteiger partial charge < -0.3 is 10.2 Å². The Morgan fingerprint density at radius 2 is 1.00 bits per heavy atom. The maximum Gasteiger partial charge on any atom is 0.333 e. The Kier molecular flexibility index (Phi) is 6.66. The molecular formula is C26H28N6O6. The maximum absolute atomic E-state index is 12.7. The predicted octanol–water partition coefficient (Wildman–Crippen LogP) is 0.857. The van der Waals surface area contributed by atoms with E-state index in [0.29, 0.717) is 35.7 Å². The number of allylic oxidation sites excluding steroid dienone is 4. The number of aromatic nitrogens is 4. The molecule has 0 saturated heterocycles. The van der Waals surface area contributed by atoms with Crippen molar-refractivity contribution in [3.05, 3.63) is 87.5 Å². The third kappa shape index (κ3) is 4.13. The molecule has 0 spiro atoms. The third-order valence-corrected chi connectivity index (χ3v) is 6.68. The van der Waals surface area contributed by atoms with Gasteiger partial charge in [0.25, 0.3) is 11.1 Å². The molecule has 2 aliphatic rings. The first kappa shape index (κ1) is 26.3. The monoisotopic (exact) mass is 520 g/mol. The lowest BCUT2D eigenvalue weighted by atomic mass is 10.1. The summed E-state index contributed by atoms with van der Waals surface area (Å²) in [5, 5.41) is 20.9. The molecule has 0 radical (unpaired) electrons. The molecule has 4 rings (SSSR count). The van der Waals surface area contributed by atoms with Crippen LogP contribution in [0.5, 0.6) is 11.8 Å². The number of rotatable bonds is 5. The van der Waals surface area contributed by atoms with E-state index in [0.717, 1.165) is 29.4 Å². The number of aromatic hydroxyl groups is 2. The zero-order chi connectivity index (χ0) is 28.0. The molecule has 198 valence electrons. The van der Waals surface area contributed by atoms with Gasteiger partial charge in [0.1, 0.15) is 11.1 Å². The highest BCUT2D eigenvalue weighted by Crippen LogP contribution is 2.30. The van der Waals surface area contributed by atoms with Gasteiger partial charge in [0.05, 0.1) is 22.8 Å². The maximum atomic E-state index is 12.7. The van der Waals surface area contributed by atoms with Gasteiger partial charge in [-0.05, 0) is 48.3 Å².